The predicted molar refractivity (Wildman–Crippen MR) is 43.5 cm³/mol. The van der Waals surface area contributed by atoms with Crippen LogP contribution in [0.1, 0.15) is 6.42 Å². The number of thiol groups is 1. The van der Waals surface area contributed by atoms with Gasteiger partial charge < -0.3 is 5.73 Å². The van der Waals surface area contributed by atoms with Crippen LogP contribution in [-0.4, -0.2) is 25.4 Å². The minimum absolute atomic E-state index is 0.674. The third-order valence-electron chi connectivity index (χ3n) is 0.854. The molecule has 4 N–H and O–H groups in total. The normalized spacial score (nSPS) is 10.0. The van der Waals surface area contributed by atoms with Gasteiger partial charge in [-0.05, 0) is 12.2 Å². The molecule has 0 rings (SSSR count). The first-order valence-electron chi connectivity index (χ1n) is 3.18. The molecular weight excluding hydrogens is 134 g/mol. The largest absolute Gasteiger partial charge is 0.329 e. The van der Waals surface area contributed by atoms with Crippen molar-refractivity contribution in [2.24, 2.45) is 5.73 Å². The molecule has 0 bridgehead atoms. The van der Waals surface area contributed by atoms with Gasteiger partial charge >= 0.3 is 0 Å². The van der Waals surface area contributed by atoms with Crippen molar-refractivity contribution < 1.29 is 0 Å². The molecule has 4 heteroatoms. The van der Waals surface area contributed by atoms with E-state index in [0.29, 0.717) is 6.54 Å². The molecule has 0 aliphatic heterocycles. The average Bonchev–Trinajstić information content (AvgIpc) is 1.89. The monoisotopic (exact) mass is 149 g/mol. The fraction of sp³-hybridized carbons (Fsp3) is 1.00. The molecule has 0 saturated heterocycles. The van der Waals surface area contributed by atoms with Crippen molar-refractivity contribution in [3.05, 3.63) is 0 Å². The quantitative estimate of drug-likeness (QED) is 0.231. The molecule has 0 aliphatic rings. The molecule has 0 aliphatic carbocycles. The van der Waals surface area contributed by atoms with Crippen LogP contribution < -0.4 is 16.6 Å². The second-order valence-corrected chi connectivity index (χ2v) is 2.17. The van der Waals surface area contributed by atoms with Crippen LogP contribution in [0, 0.1) is 0 Å². The fourth-order valence-electron chi connectivity index (χ4n) is 0.416. The lowest BCUT2D eigenvalue weighted by Gasteiger charge is -2.02. The topological polar surface area (TPSA) is 50.1 Å². The van der Waals surface area contributed by atoms with Crippen LogP contribution in [0.2, 0.25) is 0 Å². The average molecular weight is 149 g/mol. The number of rotatable bonds is 6. The summed E-state index contributed by atoms with van der Waals surface area (Å²) < 4.78 is 0. The Morgan fingerprint density at radius 3 is 2.44 bits per heavy atom. The van der Waals surface area contributed by atoms with Crippen LogP contribution in [0.5, 0.6) is 0 Å². The first kappa shape index (κ1) is 9.23. The molecule has 0 spiro atoms. The molecule has 0 amide bonds. The summed E-state index contributed by atoms with van der Waals surface area (Å²) in [7, 11) is 0. The summed E-state index contributed by atoms with van der Waals surface area (Å²) in [4.78, 5) is 0. The van der Waals surface area contributed by atoms with Gasteiger partial charge in [-0.15, -0.1) is 0 Å². The number of hydrogen-bond acceptors (Lipinski definition) is 4. The van der Waals surface area contributed by atoms with Crippen molar-refractivity contribution in [1.82, 2.24) is 10.9 Å². The molecule has 0 aromatic rings. The second-order valence-electron chi connectivity index (χ2n) is 1.72. The van der Waals surface area contributed by atoms with Gasteiger partial charge in [-0.2, -0.15) is 12.6 Å². The molecule has 0 unspecified atom stereocenters. The van der Waals surface area contributed by atoms with Crippen molar-refractivity contribution in [3.63, 3.8) is 0 Å². The van der Waals surface area contributed by atoms with E-state index in [1.807, 2.05) is 0 Å². The Kier molecular flexibility index (Phi) is 8.44. The molecular formula is C5H15N3S. The molecule has 56 valence electrons. The van der Waals surface area contributed by atoms with Gasteiger partial charge in [0.15, 0.2) is 0 Å². The molecule has 0 heterocycles. The van der Waals surface area contributed by atoms with Crippen LogP contribution >= 0.6 is 12.6 Å². The van der Waals surface area contributed by atoms with Crippen molar-refractivity contribution in [3.8, 4) is 0 Å². The van der Waals surface area contributed by atoms with Crippen LogP contribution in [0.4, 0.5) is 0 Å². The van der Waals surface area contributed by atoms with Crippen molar-refractivity contribution in [2.45, 2.75) is 6.42 Å². The van der Waals surface area contributed by atoms with Crippen LogP contribution in [-0.2, 0) is 0 Å². The third kappa shape index (κ3) is 8.23. The van der Waals surface area contributed by atoms with Gasteiger partial charge in [-0.1, -0.05) is 0 Å². The van der Waals surface area contributed by atoms with Crippen molar-refractivity contribution >= 4 is 12.6 Å². The van der Waals surface area contributed by atoms with Crippen LogP contribution in [0.15, 0.2) is 0 Å². The van der Waals surface area contributed by atoms with E-state index < -0.39 is 0 Å². The molecule has 0 atom stereocenters. The maximum atomic E-state index is 5.23. The van der Waals surface area contributed by atoms with Gasteiger partial charge in [-0.25, -0.2) is 0 Å². The lowest BCUT2D eigenvalue weighted by molar-refractivity contribution is 0.538. The lowest BCUT2D eigenvalue weighted by Crippen LogP contribution is -2.36. The summed E-state index contributed by atoms with van der Waals surface area (Å²) in [6, 6.07) is 0. The van der Waals surface area contributed by atoms with Crippen LogP contribution in [0.25, 0.3) is 0 Å². The molecule has 9 heavy (non-hydrogen) atoms. The lowest BCUT2D eigenvalue weighted by atomic mass is 10.5. The zero-order chi connectivity index (χ0) is 6.95. The maximum Gasteiger partial charge on any atom is 0.0223 e. The molecule has 0 aromatic heterocycles. The number of nitrogens with two attached hydrogens (primary N) is 1. The Balaban J connectivity index is 2.60. The summed E-state index contributed by atoms with van der Waals surface area (Å²) in [5, 5.41) is 0. The summed E-state index contributed by atoms with van der Waals surface area (Å²) in [6.45, 7) is 2.46. The maximum absolute atomic E-state index is 5.23. The van der Waals surface area contributed by atoms with E-state index in [-0.39, 0.29) is 0 Å². The highest BCUT2D eigenvalue weighted by Gasteiger charge is 1.81. The van der Waals surface area contributed by atoms with E-state index in [1.54, 1.807) is 0 Å². The first-order valence-corrected chi connectivity index (χ1v) is 3.81. The van der Waals surface area contributed by atoms with Crippen molar-refractivity contribution in [2.75, 3.05) is 25.4 Å². The van der Waals surface area contributed by atoms with Gasteiger partial charge in [0.05, 0.1) is 0 Å². The summed E-state index contributed by atoms with van der Waals surface area (Å²) >= 11 is 4.05. The van der Waals surface area contributed by atoms with E-state index in [0.717, 1.165) is 25.3 Å². The zero-order valence-corrected chi connectivity index (χ0v) is 6.45. The highest BCUT2D eigenvalue weighted by molar-refractivity contribution is 7.80. The van der Waals surface area contributed by atoms with Gasteiger partial charge in [0.2, 0.25) is 0 Å². The Labute approximate surface area is 61.8 Å². The van der Waals surface area contributed by atoms with Crippen LogP contribution in [0.3, 0.4) is 0 Å². The molecule has 0 radical (unpaired) electrons. The van der Waals surface area contributed by atoms with E-state index in [1.165, 1.54) is 0 Å². The van der Waals surface area contributed by atoms with Gasteiger partial charge in [-0.3, -0.25) is 10.9 Å². The zero-order valence-electron chi connectivity index (χ0n) is 5.56. The molecule has 0 saturated carbocycles. The summed E-state index contributed by atoms with van der Waals surface area (Å²) in [5.41, 5.74) is 11.2. The first-order chi connectivity index (χ1) is 4.41. The third-order valence-corrected chi connectivity index (χ3v) is 1.17. The smallest absolute Gasteiger partial charge is 0.0223 e. The highest BCUT2D eigenvalue weighted by Crippen LogP contribution is 1.77. The summed E-state index contributed by atoms with van der Waals surface area (Å²) in [6.07, 6.45) is 1.08. The van der Waals surface area contributed by atoms with Gasteiger partial charge in [0.1, 0.15) is 0 Å². The Morgan fingerprint density at radius 2 is 1.89 bits per heavy atom. The minimum Gasteiger partial charge on any atom is -0.329 e. The van der Waals surface area contributed by atoms with E-state index in [9.17, 15) is 0 Å². The van der Waals surface area contributed by atoms with Crippen molar-refractivity contribution in [1.29, 1.82) is 0 Å². The SMILES string of the molecule is NCCNNCCCS. The Morgan fingerprint density at radius 1 is 1.22 bits per heavy atom. The molecule has 3 nitrogen and oxygen atoms in total. The number of hydrogen-bond donors (Lipinski definition) is 4. The number of hydrazine groups is 1. The van der Waals surface area contributed by atoms with Gasteiger partial charge in [0, 0.05) is 19.6 Å². The fourth-order valence-corrected chi connectivity index (χ4v) is 0.575. The minimum atomic E-state index is 0.674. The Bertz CT molecular complexity index is 45.5. The molecule has 0 fully saturated rings. The van der Waals surface area contributed by atoms with E-state index >= 15 is 0 Å². The standard InChI is InChI=1S/C5H15N3S/c6-2-4-8-7-3-1-5-9/h7-9H,1-6H2. The second kappa shape index (κ2) is 8.23. The van der Waals surface area contributed by atoms with E-state index in [2.05, 4.69) is 23.5 Å². The summed E-state index contributed by atoms with van der Waals surface area (Å²) in [5.74, 6) is 0.928. The predicted octanol–water partition coefficient (Wildman–Crippen LogP) is -0.641. The Hall–Kier alpha value is 0.230. The van der Waals surface area contributed by atoms with Gasteiger partial charge in [0.25, 0.3) is 0 Å². The number of nitrogens with one attached hydrogen (secondary N) is 2. The van der Waals surface area contributed by atoms with E-state index in [4.69, 9.17) is 5.73 Å². The molecule has 0 aromatic carbocycles. The highest BCUT2D eigenvalue weighted by atomic mass is 32.1.